The second-order valence-electron chi connectivity index (χ2n) is 6.18. The average molecular weight is 334 g/mol. The molecule has 1 fully saturated rings. The average Bonchev–Trinajstić information content (AvgIpc) is 3.18. The Morgan fingerprint density at radius 3 is 2.74 bits per heavy atom. The van der Waals surface area contributed by atoms with Crippen LogP contribution in [0.25, 0.3) is 10.6 Å². The molecular formula is C15H18N4O3S. The predicted octanol–water partition coefficient (Wildman–Crippen LogP) is 1.79. The molecule has 23 heavy (non-hydrogen) atoms. The van der Waals surface area contributed by atoms with E-state index in [0.717, 1.165) is 10.6 Å². The Morgan fingerprint density at radius 1 is 1.43 bits per heavy atom. The first kappa shape index (κ1) is 15.7. The van der Waals surface area contributed by atoms with Crippen molar-refractivity contribution in [1.29, 1.82) is 0 Å². The molecule has 2 aromatic rings. The van der Waals surface area contributed by atoms with Gasteiger partial charge in [0, 0.05) is 31.9 Å². The lowest BCUT2D eigenvalue weighted by atomic mass is 9.90. The van der Waals surface area contributed by atoms with Crippen LogP contribution in [0.3, 0.4) is 0 Å². The summed E-state index contributed by atoms with van der Waals surface area (Å²) in [5, 5.41) is 14.2. The molecule has 3 rings (SSSR count). The van der Waals surface area contributed by atoms with Crippen molar-refractivity contribution >= 4 is 23.2 Å². The second-order valence-corrected chi connectivity index (χ2v) is 7.18. The highest BCUT2D eigenvalue weighted by molar-refractivity contribution is 7.17. The van der Waals surface area contributed by atoms with E-state index in [1.54, 1.807) is 29.6 Å². The van der Waals surface area contributed by atoms with Gasteiger partial charge in [-0.15, -0.1) is 11.3 Å². The maximum Gasteiger partial charge on any atom is 0.311 e. The van der Waals surface area contributed by atoms with E-state index in [1.807, 2.05) is 13.2 Å². The van der Waals surface area contributed by atoms with Crippen LogP contribution in [0.4, 0.5) is 0 Å². The van der Waals surface area contributed by atoms with E-state index >= 15 is 0 Å². The molecule has 0 spiro atoms. The maximum absolute atomic E-state index is 12.7. The normalized spacial score (nSPS) is 20.9. The molecule has 1 aliphatic rings. The summed E-state index contributed by atoms with van der Waals surface area (Å²) in [6, 6.07) is 0. The highest BCUT2D eigenvalue weighted by Crippen LogP contribution is 2.34. The Balaban J connectivity index is 1.84. The molecule has 1 saturated heterocycles. The third-order valence-electron chi connectivity index (χ3n) is 4.22. The number of hydrogen-bond donors (Lipinski definition) is 1. The third kappa shape index (κ3) is 2.74. The minimum Gasteiger partial charge on any atom is -0.481 e. The molecule has 0 aliphatic carbocycles. The molecule has 2 aromatic heterocycles. The molecule has 122 valence electrons. The van der Waals surface area contributed by atoms with Gasteiger partial charge in [-0.3, -0.25) is 14.3 Å². The molecule has 3 heterocycles. The zero-order valence-corrected chi connectivity index (χ0v) is 14.1. The molecule has 0 radical (unpaired) electrons. The summed E-state index contributed by atoms with van der Waals surface area (Å²) in [6.45, 7) is 4.18. The summed E-state index contributed by atoms with van der Waals surface area (Å²) in [4.78, 5) is 30.7. The number of likely N-dealkylation sites (tertiary alicyclic amines) is 1. The highest BCUT2D eigenvalue weighted by atomic mass is 32.1. The van der Waals surface area contributed by atoms with Gasteiger partial charge in [-0.2, -0.15) is 5.10 Å². The van der Waals surface area contributed by atoms with E-state index < -0.39 is 11.4 Å². The van der Waals surface area contributed by atoms with Crippen LogP contribution in [0, 0.1) is 12.3 Å². The number of nitrogens with zero attached hydrogens (tertiary/aromatic N) is 4. The number of carboxylic acid groups (broad SMARTS) is 1. The molecule has 1 unspecified atom stereocenters. The minimum atomic E-state index is -0.861. The maximum atomic E-state index is 12.7. The lowest BCUT2D eigenvalue weighted by Crippen LogP contribution is -2.34. The van der Waals surface area contributed by atoms with Crippen molar-refractivity contribution in [2.75, 3.05) is 13.1 Å². The smallest absolute Gasteiger partial charge is 0.311 e. The number of aromatic nitrogens is 3. The summed E-state index contributed by atoms with van der Waals surface area (Å²) in [5.74, 6) is -0.995. The van der Waals surface area contributed by atoms with Gasteiger partial charge in [0.25, 0.3) is 5.91 Å². The van der Waals surface area contributed by atoms with Crippen LogP contribution < -0.4 is 0 Å². The van der Waals surface area contributed by atoms with Crippen molar-refractivity contribution in [3.05, 3.63) is 23.0 Å². The van der Waals surface area contributed by atoms with E-state index in [2.05, 4.69) is 10.1 Å². The number of rotatable bonds is 3. The molecule has 1 atom stereocenters. The van der Waals surface area contributed by atoms with Crippen molar-refractivity contribution in [2.45, 2.75) is 20.3 Å². The molecule has 0 bridgehead atoms. The number of carboxylic acids is 1. The Hall–Kier alpha value is -2.22. The van der Waals surface area contributed by atoms with Crippen LogP contribution in [-0.4, -0.2) is 49.7 Å². The van der Waals surface area contributed by atoms with Crippen LogP contribution in [-0.2, 0) is 11.8 Å². The van der Waals surface area contributed by atoms with Gasteiger partial charge in [-0.05, 0) is 20.3 Å². The van der Waals surface area contributed by atoms with Crippen LogP contribution in [0.5, 0.6) is 0 Å². The van der Waals surface area contributed by atoms with Gasteiger partial charge < -0.3 is 10.0 Å². The molecule has 1 N–H and O–H groups in total. The standard InChI is InChI=1S/C15H18N4O3S/c1-9-11(23-12(17-9)10-6-16-18(3)7-10)13(20)19-5-4-15(2,8-19)14(21)22/h6-7H,4-5,8H2,1-3H3,(H,21,22). The van der Waals surface area contributed by atoms with Crippen molar-refractivity contribution in [2.24, 2.45) is 12.5 Å². The topological polar surface area (TPSA) is 88.3 Å². The molecule has 1 aliphatic heterocycles. The zero-order chi connectivity index (χ0) is 16.8. The second kappa shape index (κ2) is 5.45. The lowest BCUT2D eigenvalue weighted by molar-refractivity contribution is -0.147. The van der Waals surface area contributed by atoms with E-state index in [-0.39, 0.29) is 12.5 Å². The molecule has 7 nitrogen and oxygen atoms in total. The third-order valence-corrected chi connectivity index (χ3v) is 5.41. The first-order valence-electron chi connectivity index (χ1n) is 7.29. The monoisotopic (exact) mass is 334 g/mol. The summed E-state index contributed by atoms with van der Waals surface area (Å²) < 4.78 is 1.69. The zero-order valence-electron chi connectivity index (χ0n) is 13.2. The Bertz CT molecular complexity index is 782. The summed E-state index contributed by atoms with van der Waals surface area (Å²) >= 11 is 1.33. The number of amides is 1. The number of hydrogen-bond acceptors (Lipinski definition) is 5. The molecule has 0 aromatic carbocycles. The minimum absolute atomic E-state index is 0.139. The molecule has 1 amide bonds. The van der Waals surface area contributed by atoms with Crippen LogP contribution in [0.2, 0.25) is 0 Å². The van der Waals surface area contributed by atoms with Gasteiger partial charge in [-0.1, -0.05) is 0 Å². The van der Waals surface area contributed by atoms with Crippen LogP contribution >= 0.6 is 11.3 Å². The van der Waals surface area contributed by atoms with Gasteiger partial charge in [0.1, 0.15) is 9.88 Å². The van der Waals surface area contributed by atoms with Gasteiger partial charge >= 0.3 is 5.97 Å². The van der Waals surface area contributed by atoms with E-state index in [9.17, 15) is 14.7 Å². The molecule has 8 heteroatoms. The molecule has 0 saturated carbocycles. The number of carbonyl (C=O) groups is 2. The van der Waals surface area contributed by atoms with Crippen molar-refractivity contribution in [3.8, 4) is 10.6 Å². The number of aryl methyl sites for hydroxylation is 2. The van der Waals surface area contributed by atoms with Crippen molar-refractivity contribution < 1.29 is 14.7 Å². The Kier molecular flexibility index (Phi) is 3.71. The SMILES string of the molecule is Cc1nc(-c2cnn(C)c2)sc1C(=O)N1CCC(C)(C(=O)O)C1. The largest absolute Gasteiger partial charge is 0.481 e. The van der Waals surface area contributed by atoms with Crippen LogP contribution in [0.1, 0.15) is 28.7 Å². The van der Waals surface area contributed by atoms with Crippen molar-refractivity contribution in [3.63, 3.8) is 0 Å². The first-order valence-corrected chi connectivity index (χ1v) is 8.11. The quantitative estimate of drug-likeness (QED) is 0.924. The van der Waals surface area contributed by atoms with E-state index in [1.165, 1.54) is 11.3 Å². The Morgan fingerprint density at radius 2 is 2.17 bits per heavy atom. The first-order chi connectivity index (χ1) is 10.8. The van der Waals surface area contributed by atoms with E-state index in [4.69, 9.17) is 0 Å². The lowest BCUT2D eigenvalue weighted by Gasteiger charge is -2.19. The van der Waals surface area contributed by atoms with Gasteiger partial charge in [0.05, 0.1) is 17.3 Å². The summed E-state index contributed by atoms with van der Waals surface area (Å²) in [5.41, 5.74) is 0.680. The number of aliphatic carboxylic acids is 1. The fourth-order valence-corrected chi connectivity index (χ4v) is 3.71. The van der Waals surface area contributed by atoms with Crippen molar-refractivity contribution in [1.82, 2.24) is 19.7 Å². The van der Waals surface area contributed by atoms with Gasteiger partial charge in [0.15, 0.2) is 0 Å². The number of thiazole rings is 1. The predicted molar refractivity (Wildman–Crippen MR) is 85.3 cm³/mol. The summed E-state index contributed by atoms with van der Waals surface area (Å²) in [7, 11) is 1.83. The molecular weight excluding hydrogens is 316 g/mol. The Labute approximate surface area is 137 Å². The van der Waals surface area contributed by atoms with Gasteiger partial charge in [0.2, 0.25) is 0 Å². The fourth-order valence-electron chi connectivity index (χ4n) is 2.70. The van der Waals surface area contributed by atoms with E-state index in [0.29, 0.717) is 23.5 Å². The highest BCUT2D eigenvalue weighted by Gasteiger charge is 2.42. The summed E-state index contributed by atoms with van der Waals surface area (Å²) in [6.07, 6.45) is 4.04. The fraction of sp³-hybridized carbons (Fsp3) is 0.467. The van der Waals surface area contributed by atoms with Gasteiger partial charge in [-0.25, -0.2) is 4.98 Å². The number of carbonyl (C=O) groups excluding carboxylic acids is 1. The van der Waals surface area contributed by atoms with Crippen LogP contribution in [0.15, 0.2) is 12.4 Å².